The molecule has 0 fully saturated rings. The van der Waals surface area contributed by atoms with Crippen molar-refractivity contribution in [2.75, 3.05) is 0 Å². The van der Waals surface area contributed by atoms with Crippen molar-refractivity contribution in [2.45, 2.75) is 13.8 Å². The summed E-state index contributed by atoms with van der Waals surface area (Å²) in [5, 5.41) is 3.75. The third kappa shape index (κ3) is 5.97. The molecule has 7 heteroatoms. The van der Waals surface area contributed by atoms with Gasteiger partial charge in [0.15, 0.2) is 0 Å². The molecular formula is C8H11N3O4. The van der Waals surface area contributed by atoms with Gasteiger partial charge in [-0.05, 0) is 0 Å². The van der Waals surface area contributed by atoms with Crippen LogP contribution in [0.5, 0.6) is 0 Å². The van der Waals surface area contributed by atoms with Crippen LogP contribution in [0, 0.1) is 0 Å². The van der Waals surface area contributed by atoms with Gasteiger partial charge in [0.25, 0.3) is 11.8 Å². The average molecular weight is 213 g/mol. The minimum absolute atomic E-state index is 0.455. The molecule has 0 spiro atoms. The van der Waals surface area contributed by atoms with E-state index in [1.54, 1.807) is 0 Å². The number of carbonyl (C=O) groups excluding carboxylic acids is 4. The summed E-state index contributed by atoms with van der Waals surface area (Å²) in [6.45, 7) is 2.26. The topological polar surface area (TPSA) is 118 Å². The lowest BCUT2D eigenvalue weighted by molar-refractivity contribution is -0.129. The summed E-state index contributed by atoms with van der Waals surface area (Å²) in [6, 6.07) is 0. The third-order valence-corrected chi connectivity index (χ3v) is 1.14. The van der Waals surface area contributed by atoms with Gasteiger partial charge in [0.1, 0.15) is 5.70 Å². The predicted molar refractivity (Wildman–Crippen MR) is 49.9 cm³/mol. The van der Waals surface area contributed by atoms with Gasteiger partial charge >= 0.3 is 0 Å². The van der Waals surface area contributed by atoms with Crippen molar-refractivity contribution in [1.29, 1.82) is 0 Å². The third-order valence-electron chi connectivity index (χ3n) is 1.14. The van der Waals surface area contributed by atoms with Gasteiger partial charge in [-0.2, -0.15) is 0 Å². The lowest BCUT2D eigenvalue weighted by atomic mass is 10.3. The van der Waals surface area contributed by atoms with Gasteiger partial charge in [-0.25, -0.2) is 0 Å². The molecule has 4 N–H and O–H groups in total. The maximum absolute atomic E-state index is 11.0. The van der Waals surface area contributed by atoms with Crippen molar-refractivity contribution in [2.24, 2.45) is 5.73 Å². The second-order valence-electron chi connectivity index (χ2n) is 2.66. The smallest absolute Gasteiger partial charge is 0.273 e. The van der Waals surface area contributed by atoms with Gasteiger partial charge < -0.3 is 5.73 Å². The van der Waals surface area contributed by atoms with Crippen LogP contribution in [0.4, 0.5) is 0 Å². The Balaban J connectivity index is 4.42. The van der Waals surface area contributed by atoms with Crippen LogP contribution in [0.1, 0.15) is 13.8 Å². The van der Waals surface area contributed by atoms with E-state index in [0.29, 0.717) is 0 Å². The van der Waals surface area contributed by atoms with Crippen molar-refractivity contribution in [1.82, 2.24) is 10.6 Å². The molecule has 0 bridgehead atoms. The summed E-state index contributed by atoms with van der Waals surface area (Å²) in [4.78, 5) is 42.8. The van der Waals surface area contributed by atoms with Gasteiger partial charge in [0.05, 0.1) is 0 Å². The molecule has 0 radical (unpaired) electrons. The quantitative estimate of drug-likeness (QED) is 0.465. The highest BCUT2D eigenvalue weighted by Crippen LogP contribution is 1.84. The molecule has 0 atom stereocenters. The van der Waals surface area contributed by atoms with Gasteiger partial charge in [-0.1, -0.05) is 0 Å². The first-order chi connectivity index (χ1) is 6.82. The molecule has 4 amide bonds. The minimum Gasteiger partial charge on any atom is -0.394 e. The largest absolute Gasteiger partial charge is 0.394 e. The van der Waals surface area contributed by atoms with Gasteiger partial charge in [0, 0.05) is 19.9 Å². The monoisotopic (exact) mass is 213 g/mol. The second kappa shape index (κ2) is 5.53. The Bertz CT molecular complexity index is 346. The van der Waals surface area contributed by atoms with Crippen molar-refractivity contribution in [3.63, 3.8) is 0 Å². The summed E-state index contributed by atoms with van der Waals surface area (Å²) in [5.41, 5.74) is 4.71. The van der Waals surface area contributed by atoms with Gasteiger partial charge in [0.2, 0.25) is 11.8 Å². The molecule has 0 rings (SSSR count). The second-order valence-corrected chi connectivity index (χ2v) is 2.66. The van der Waals surface area contributed by atoms with Crippen LogP contribution >= 0.6 is 0 Å². The van der Waals surface area contributed by atoms with Crippen molar-refractivity contribution < 1.29 is 19.2 Å². The maximum atomic E-state index is 11.0. The first kappa shape index (κ1) is 12.8. The predicted octanol–water partition coefficient (Wildman–Crippen LogP) is -1.85. The SMILES string of the molecule is CC(=O)NC(=O)/C=C(/N)C(=O)NC(C)=O. The number of rotatable bonds is 2. The highest BCUT2D eigenvalue weighted by molar-refractivity contribution is 6.08. The fourth-order valence-electron chi connectivity index (χ4n) is 0.648. The normalized spacial score (nSPS) is 10.4. The van der Waals surface area contributed by atoms with E-state index in [1.165, 1.54) is 0 Å². The first-order valence-electron chi connectivity index (χ1n) is 3.93. The molecule has 82 valence electrons. The Hall–Kier alpha value is -2.18. The number of hydrogen-bond acceptors (Lipinski definition) is 5. The Morgan fingerprint density at radius 1 is 1.00 bits per heavy atom. The number of nitrogens with two attached hydrogens (primary N) is 1. The van der Waals surface area contributed by atoms with Crippen LogP contribution in [0.15, 0.2) is 11.8 Å². The molecule has 0 saturated carbocycles. The summed E-state index contributed by atoms with van der Waals surface area (Å²) in [6.07, 6.45) is 0.722. The Morgan fingerprint density at radius 3 is 1.87 bits per heavy atom. The van der Waals surface area contributed by atoms with Crippen LogP contribution in [0.2, 0.25) is 0 Å². The Kier molecular flexibility index (Phi) is 4.73. The van der Waals surface area contributed by atoms with E-state index in [2.05, 4.69) is 0 Å². The van der Waals surface area contributed by atoms with E-state index in [0.717, 1.165) is 19.9 Å². The Labute approximate surface area is 85.7 Å². The van der Waals surface area contributed by atoms with Crippen molar-refractivity contribution >= 4 is 23.6 Å². The fourth-order valence-corrected chi connectivity index (χ4v) is 0.648. The van der Waals surface area contributed by atoms with E-state index in [1.807, 2.05) is 10.6 Å². The number of carbonyl (C=O) groups is 4. The number of hydrogen-bond donors (Lipinski definition) is 3. The highest BCUT2D eigenvalue weighted by atomic mass is 16.2. The van der Waals surface area contributed by atoms with E-state index in [-0.39, 0.29) is 0 Å². The first-order valence-corrected chi connectivity index (χ1v) is 3.93. The van der Waals surface area contributed by atoms with Crippen LogP contribution < -0.4 is 16.4 Å². The van der Waals surface area contributed by atoms with Crippen LogP contribution in [0.3, 0.4) is 0 Å². The summed E-state index contributed by atoms with van der Waals surface area (Å²) >= 11 is 0. The molecule has 0 aliphatic carbocycles. The maximum Gasteiger partial charge on any atom is 0.273 e. The molecule has 15 heavy (non-hydrogen) atoms. The fraction of sp³-hybridized carbons (Fsp3) is 0.250. The zero-order chi connectivity index (χ0) is 12.0. The van der Waals surface area contributed by atoms with E-state index < -0.39 is 29.3 Å². The summed E-state index contributed by atoms with van der Waals surface area (Å²) in [5.74, 6) is -2.88. The van der Waals surface area contributed by atoms with E-state index >= 15 is 0 Å². The molecular weight excluding hydrogens is 202 g/mol. The highest BCUT2D eigenvalue weighted by Gasteiger charge is 2.09. The molecule has 0 aromatic rings. The Morgan fingerprint density at radius 2 is 1.47 bits per heavy atom. The molecule has 0 unspecified atom stereocenters. The van der Waals surface area contributed by atoms with Crippen molar-refractivity contribution in [3.8, 4) is 0 Å². The number of imide groups is 2. The standard InChI is InChI=1S/C8H11N3O4/c1-4(12)10-7(14)3-6(9)8(15)11-5(2)13/h3H,9H2,1-2H3,(H,10,12,14)(H,11,13,15)/b6-3+. The summed E-state index contributed by atoms with van der Waals surface area (Å²) in [7, 11) is 0. The lowest BCUT2D eigenvalue weighted by Gasteiger charge is -2.00. The molecule has 0 heterocycles. The summed E-state index contributed by atoms with van der Waals surface area (Å²) < 4.78 is 0. The molecule has 0 aliphatic heterocycles. The van der Waals surface area contributed by atoms with Crippen LogP contribution in [-0.4, -0.2) is 23.6 Å². The number of amides is 4. The van der Waals surface area contributed by atoms with Crippen molar-refractivity contribution in [3.05, 3.63) is 11.8 Å². The van der Waals surface area contributed by atoms with Crippen LogP contribution in [-0.2, 0) is 19.2 Å². The molecule has 0 aromatic carbocycles. The molecule has 0 aliphatic rings. The average Bonchev–Trinajstić information content (AvgIpc) is 2.00. The zero-order valence-corrected chi connectivity index (χ0v) is 8.29. The zero-order valence-electron chi connectivity index (χ0n) is 8.29. The van der Waals surface area contributed by atoms with Crippen LogP contribution in [0.25, 0.3) is 0 Å². The van der Waals surface area contributed by atoms with E-state index in [4.69, 9.17) is 5.73 Å². The van der Waals surface area contributed by atoms with Gasteiger partial charge in [-0.3, -0.25) is 29.8 Å². The molecule has 7 nitrogen and oxygen atoms in total. The molecule has 0 aromatic heterocycles. The van der Waals surface area contributed by atoms with E-state index in [9.17, 15) is 19.2 Å². The molecule has 0 saturated heterocycles. The lowest BCUT2D eigenvalue weighted by Crippen LogP contribution is -2.34. The minimum atomic E-state index is -0.888. The van der Waals surface area contributed by atoms with Gasteiger partial charge in [-0.15, -0.1) is 0 Å². The number of nitrogens with one attached hydrogen (secondary N) is 2.